The molecule has 0 spiro atoms. The van der Waals surface area contributed by atoms with Gasteiger partial charge in [-0.3, -0.25) is 0 Å². The molecule has 0 saturated carbocycles. The summed E-state index contributed by atoms with van der Waals surface area (Å²) in [4.78, 5) is 25.5. The molecular formula is C23H39IN6O2. The molecule has 1 amide bonds. The Kier molecular flexibility index (Phi) is 11.9. The van der Waals surface area contributed by atoms with E-state index in [2.05, 4.69) is 33.5 Å². The van der Waals surface area contributed by atoms with E-state index in [0.29, 0.717) is 32.3 Å². The van der Waals surface area contributed by atoms with Crippen LogP contribution in [0.3, 0.4) is 0 Å². The third-order valence-corrected chi connectivity index (χ3v) is 5.87. The number of piperidine rings is 1. The van der Waals surface area contributed by atoms with E-state index in [1.165, 1.54) is 31.2 Å². The summed E-state index contributed by atoms with van der Waals surface area (Å²) in [7, 11) is 0. The van der Waals surface area contributed by atoms with Crippen LogP contribution in [0.1, 0.15) is 57.9 Å². The molecule has 8 nitrogen and oxygen atoms in total. The highest BCUT2D eigenvalue weighted by molar-refractivity contribution is 14.0. The summed E-state index contributed by atoms with van der Waals surface area (Å²) in [5, 5.41) is 6.89. The normalized spacial score (nSPS) is 17.9. The van der Waals surface area contributed by atoms with Crippen molar-refractivity contribution in [1.82, 2.24) is 20.5 Å². The van der Waals surface area contributed by atoms with Gasteiger partial charge in [0.1, 0.15) is 5.82 Å². The lowest BCUT2D eigenvalue weighted by atomic mass is 10.1. The number of nitrogens with zero attached hydrogens (tertiary/aromatic N) is 4. The van der Waals surface area contributed by atoms with Crippen LogP contribution >= 0.6 is 24.0 Å². The highest BCUT2D eigenvalue weighted by Gasteiger charge is 2.24. The second kappa shape index (κ2) is 14.4. The SMILES string of the molecule is CCNC(=NCc1ccnc(N2CCCCCC2)c1)NC1CCN(C(=O)OCC)CC1.I. The number of anilines is 1. The average Bonchev–Trinajstić information content (AvgIpc) is 3.08. The van der Waals surface area contributed by atoms with Crippen molar-refractivity contribution in [3.63, 3.8) is 0 Å². The lowest BCUT2D eigenvalue weighted by Crippen LogP contribution is -2.49. The lowest BCUT2D eigenvalue weighted by molar-refractivity contribution is 0.0963. The van der Waals surface area contributed by atoms with Crippen molar-refractivity contribution in [2.45, 2.75) is 65.0 Å². The molecule has 1 aromatic rings. The monoisotopic (exact) mass is 558 g/mol. The molecule has 3 heterocycles. The molecule has 2 aliphatic heterocycles. The number of halogens is 1. The predicted molar refractivity (Wildman–Crippen MR) is 140 cm³/mol. The largest absolute Gasteiger partial charge is 0.450 e. The van der Waals surface area contributed by atoms with Gasteiger partial charge in [0.15, 0.2) is 5.96 Å². The molecule has 0 aromatic carbocycles. The fourth-order valence-electron chi connectivity index (χ4n) is 4.14. The van der Waals surface area contributed by atoms with Crippen molar-refractivity contribution in [3.05, 3.63) is 23.9 Å². The van der Waals surface area contributed by atoms with Gasteiger partial charge in [0.25, 0.3) is 0 Å². The van der Waals surface area contributed by atoms with E-state index >= 15 is 0 Å². The molecule has 9 heteroatoms. The zero-order valence-electron chi connectivity index (χ0n) is 19.5. The molecule has 180 valence electrons. The van der Waals surface area contributed by atoms with Gasteiger partial charge in [0, 0.05) is 45.0 Å². The molecule has 2 N–H and O–H groups in total. The van der Waals surface area contributed by atoms with Gasteiger partial charge in [-0.25, -0.2) is 14.8 Å². The zero-order chi connectivity index (χ0) is 21.9. The molecule has 0 bridgehead atoms. The summed E-state index contributed by atoms with van der Waals surface area (Å²) < 4.78 is 5.11. The number of rotatable bonds is 6. The molecule has 32 heavy (non-hydrogen) atoms. The average molecular weight is 559 g/mol. The molecule has 0 radical (unpaired) electrons. The van der Waals surface area contributed by atoms with E-state index < -0.39 is 0 Å². The number of guanidine groups is 1. The number of amides is 1. The molecule has 2 aliphatic rings. The Morgan fingerprint density at radius 2 is 1.88 bits per heavy atom. The summed E-state index contributed by atoms with van der Waals surface area (Å²) in [6.07, 6.45) is 8.58. The third kappa shape index (κ3) is 8.29. The number of aromatic nitrogens is 1. The van der Waals surface area contributed by atoms with Crippen molar-refractivity contribution in [2.24, 2.45) is 4.99 Å². The zero-order valence-corrected chi connectivity index (χ0v) is 21.8. The number of ether oxygens (including phenoxy) is 1. The van der Waals surface area contributed by atoms with E-state index in [-0.39, 0.29) is 30.1 Å². The second-order valence-corrected chi connectivity index (χ2v) is 8.22. The highest BCUT2D eigenvalue weighted by atomic mass is 127. The van der Waals surface area contributed by atoms with Gasteiger partial charge in [-0.1, -0.05) is 12.8 Å². The van der Waals surface area contributed by atoms with Crippen LogP contribution in [0.4, 0.5) is 10.6 Å². The van der Waals surface area contributed by atoms with Crippen LogP contribution in [0.15, 0.2) is 23.3 Å². The summed E-state index contributed by atoms with van der Waals surface area (Å²) in [6.45, 7) is 9.35. The molecule has 2 saturated heterocycles. The minimum absolute atomic E-state index is 0. The van der Waals surface area contributed by atoms with Gasteiger partial charge in [-0.2, -0.15) is 0 Å². The third-order valence-electron chi connectivity index (χ3n) is 5.87. The first kappa shape index (κ1) is 26.5. The van der Waals surface area contributed by atoms with Crippen molar-refractivity contribution in [3.8, 4) is 0 Å². The Labute approximate surface area is 209 Å². The number of carbonyl (C=O) groups is 1. The quantitative estimate of drug-likeness (QED) is 0.315. The van der Waals surface area contributed by atoms with Crippen LogP contribution in [0.5, 0.6) is 0 Å². The van der Waals surface area contributed by atoms with Crippen LogP contribution in [-0.4, -0.2) is 67.3 Å². The van der Waals surface area contributed by atoms with Crippen molar-refractivity contribution >= 4 is 41.8 Å². The molecular weight excluding hydrogens is 519 g/mol. The Balaban J connectivity index is 0.00000363. The highest BCUT2D eigenvalue weighted by Crippen LogP contribution is 2.18. The molecule has 0 aliphatic carbocycles. The smallest absolute Gasteiger partial charge is 0.409 e. The van der Waals surface area contributed by atoms with Crippen molar-refractivity contribution < 1.29 is 9.53 Å². The summed E-state index contributed by atoms with van der Waals surface area (Å²) in [5.74, 6) is 1.89. The predicted octanol–water partition coefficient (Wildman–Crippen LogP) is 3.76. The van der Waals surface area contributed by atoms with Crippen molar-refractivity contribution in [2.75, 3.05) is 44.2 Å². The fourth-order valence-corrected chi connectivity index (χ4v) is 4.14. The number of pyridine rings is 1. The first-order chi connectivity index (χ1) is 15.2. The van der Waals surface area contributed by atoms with Gasteiger partial charge in [-0.15, -0.1) is 24.0 Å². The van der Waals surface area contributed by atoms with Crippen molar-refractivity contribution in [1.29, 1.82) is 0 Å². The topological polar surface area (TPSA) is 82.1 Å². The number of aliphatic imine (C=N–C) groups is 1. The summed E-state index contributed by atoms with van der Waals surface area (Å²) in [5.41, 5.74) is 1.17. The first-order valence-corrected chi connectivity index (χ1v) is 11.9. The van der Waals surface area contributed by atoms with E-state index in [1.54, 1.807) is 4.90 Å². The molecule has 0 unspecified atom stereocenters. The number of hydrogen-bond acceptors (Lipinski definition) is 5. The Morgan fingerprint density at radius 3 is 2.53 bits per heavy atom. The molecule has 1 aromatic heterocycles. The maximum atomic E-state index is 11.9. The molecule has 3 rings (SSSR count). The minimum Gasteiger partial charge on any atom is -0.450 e. The maximum absolute atomic E-state index is 11.9. The van der Waals surface area contributed by atoms with E-state index in [9.17, 15) is 4.79 Å². The Morgan fingerprint density at radius 1 is 1.16 bits per heavy atom. The summed E-state index contributed by atoms with van der Waals surface area (Å²) in [6, 6.07) is 4.52. The number of likely N-dealkylation sites (tertiary alicyclic amines) is 1. The van der Waals surface area contributed by atoms with Crippen LogP contribution in [0.25, 0.3) is 0 Å². The molecule has 2 fully saturated rings. The van der Waals surface area contributed by atoms with E-state index in [1.807, 2.05) is 19.2 Å². The van der Waals surface area contributed by atoms with Crippen LogP contribution in [0.2, 0.25) is 0 Å². The minimum atomic E-state index is -0.209. The van der Waals surface area contributed by atoms with E-state index in [0.717, 1.165) is 44.3 Å². The standard InChI is InChI=1S/C23H38N6O2.HI/c1-3-24-22(27-20-10-15-29(16-11-20)23(30)31-4-2)26-18-19-9-12-25-21(17-19)28-13-7-5-6-8-14-28;/h9,12,17,20H,3-8,10-11,13-16,18H2,1-2H3,(H2,24,26,27);1H. The first-order valence-electron chi connectivity index (χ1n) is 11.9. The molecule has 0 atom stereocenters. The maximum Gasteiger partial charge on any atom is 0.409 e. The Bertz CT molecular complexity index is 716. The fraction of sp³-hybridized carbons (Fsp3) is 0.696. The van der Waals surface area contributed by atoms with Crippen LogP contribution in [-0.2, 0) is 11.3 Å². The van der Waals surface area contributed by atoms with E-state index in [4.69, 9.17) is 9.73 Å². The number of hydrogen-bond donors (Lipinski definition) is 2. The van der Waals surface area contributed by atoms with Gasteiger partial charge in [0.05, 0.1) is 13.2 Å². The van der Waals surface area contributed by atoms with Crippen LogP contribution in [0, 0.1) is 0 Å². The van der Waals surface area contributed by atoms with Crippen LogP contribution < -0.4 is 15.5 Å². The summed E-state index contributed by atoms with van der Waals surface area (Å²) >= 11 is 0. The van der Waals surface area contributed by atoms with Gasteiger partial charge >= 0.3 is 6.09 Å². The second-order valence-electron chi connectivity index (χ2n) is 8.22. The van der Waals surface area contributed by atoms with Gasteiger partial charge in [0.2, 0.25) is 0 Å². The van der Waals surface area contributed by atoms with Gasteiger partial charge < -0.3 is 25.2 Å². The number of nitrogens with one attached hydrogen (secondary N) is 2. The van der Waals surface area contributed by atoms with Gasteiger partial charge in [-0.05, 0) is 57.2 Å². The lowest BCUT2D eigenvalue weighted by Gasteiger charge is -2.32. The Hall–Kier alpha value is -1.78. The number of carbonyl (C=O) groups excluding carboxylic acids is 1.